The number of halogens is 1. The van der Waals surface area contributed by atoms with E-state index < -0.39 is 5.97 Å². The average molecular weight is 321 g/mol. The van der Waals surface area contributed by atoms with Gasteiger partial charge in [-0.2, -0.15) is 5.10 Å². The maximum Gasteiger partial charge on any atom is 0.359 e. The highest BCUT2D eigenvalue weighted by atomic mass is 32.1. The lowest BCUT2D eigenvalue weighted by Crippen LogP contribution is -2.09. The summed E-state index contributed by atoms with van der Waals surface area (Å²) in [5.41, 5.74) is 1.07. The first-order valence-corrected chi connectivity index (χ1v) is 7.38. The number of carbonyl (C=O) groups excluding carboxylic acids is 1. The monoisotopic (exact) mass is 321 g/mol. The minimum atomic E-state index is -0.590. The molecule has 0 aliphatic carbocycles. The quantitative estimate of drug-likeness (QED) is 0.746. The molecule has 0 aliphatic heterocycles. The van der Waals surface area contributed by atoms with Crippen molar-refractivity contribution in [1.82, 2.24) is 14.6 Å². The number of ether oxygens (including phenoxy) is 1. The van der Waals surface area contributed by atoms with Gasteiger partial charge in [0.1, 0.15) is 16.5 Å². The first kappa shape index (κ1) is 14.6. The van der Waals surface area contributed by atoms with Crippen LogP contribution in [0, 0.1) is 5.82 Å². The van der Waals surface area contributed by atoms with Crippen LogP contribution in [0.4, 0.5) is 4.39 Å². The maximum atomic E-state index is 13.0. The van der Waals surface area contributed by atoms with Crippen LogP contribution in [-0.2, 0) is 11.3 Å². The second-order valence-electron chi connectivity index (χ2n) is 4.39. The number of hydrogen-bond donors (Lipinski definition) is 1. The van der Waals surface area contributed by atoms with Gasteiger partial charge in [-0.3, -0.25) is 0 Å². The Bertz CT molecular complexity index is 826. The van der Waals surface area contributed by atoms with Crippen molar-refractivity contribution in [2.75, 3.05) is 6.61 Å². The molecule has 2 aromatic heterocycles. The van der Waals surface area contributed by atoms with Crippen LogP contribution in [-0.4, -0.2) is 32.3 Å². The van der Waals surface area contributed by atoms with Crippen molar-refractivity contribution in [1.29, 1.82) is 0 Å². The zero-order chi connectivity index (χ0) is 15.7. The number of esters is 1. The standard InChI is InChI=1S/C14H12FN3O3S/c1-2-21-13(20)11-10(7-19)18-14(16-11)22-12(17-18)8-3-5-9(15)6-4-8/h3-6,19H,2,7H2,1H3. The van der Waals surface area contributed by atoms with Crippen LogP contribution < -0.4 is 0 Å². The van der Waals surface area contributed by atoms with Crippen LogP contribution in [0.3, 0.4) is 0 Å². The van der Waals surface area contributed by atoms with Crippen LogP contribution >= 0.6 is 11.3 Å². The summed E-state index contributed by atoms with van der Waals surface area (Å²) in [4.78, 5) is 16.5. The third kappa shape index (κ3) is 2.46. The lowest BCUT2D eigenvalue weighted by Gasteiger charge is -2.00. The van der Waals surface area contributed by atoms with E-state index in [-0.39, 0.29) is 30.4 Å². The lowest BCUT2D eigenvalue weighted by molar-refractivity contribution is 0.0516. The van der Waals surface area contributed by atoms with Crippen molar-refractivity contribution in [2.24, 2.45) is 0 Å². The van der Waals surface area contributed by atoms with Crippen LogP contribution in [0.25, 0.3) is 15.5 Å². The molecule has 1 aromatic carbocycles. The Morgan fingerprint density at radius 2 is 2.14 bits per heavy atom. The van der Waals surface area contributed by atoms with Crippen molar-refractivity contribution in [3.63, 3.8) is 0 Å². The minimum absolute atomic E-state index is 0.0637. The van der Waals surface area contributed by atoms with E-state index >= 15 is 0 Å². The van der Waals surface area contributed by atoms with Crippen LogP contribution in [0.1, 0.15) is 23.1 Å². The fourth-order valence-corrected chi connectivity index (χ4v) is 2.93. The molecule has 0 aliphatic rings. The topological polar surface area (TPSA) is 76.7 Å². The van der Waals surface area contributed by atoms with Gasteiger partial charge in [-0.05, 0) is 31.2 Å². The van der Waals surface area contributed by atoms with Gasteiger partial charge in [0.2, 0.25) is 4.96 Å². The van der Waals surface area contributed by atoms with Gasteiger partial charge in [0.15, 0.2) is 5.69 Å². The predicted molar refractivity (Wildman–Crippen MR) is 78.1 cm³/mol. The van der Waals surface area contributed by atoms with E-state index in [1.165, 1.54) is 28.0 Å². The Hall–Kier alpha value is -2.32. The molecule has 0 amide bonds. The lowest BCUT2D eigenvalue weighted by atomic mass is 10.2. The Labute approximate surface area is 128 Å². The second-order valence-corrected chi connectivity index (χ2v) is 5.35. The third-order valence-corrected chi connectivity index (χ3v) is 3.96. The zero-order valence-electron chi connectivity index (χ0n) is 11.6. The number of aliphatic hydroxyl groups is 1. The largest absolute Gasteiger partial charge is 0.461 e. The molecule has 114 valence electrons. The summed E-state index contributed by atoms with van der Waals surface area (Å²) in [6.07, 6.45) is 0. The molecular formula is C14H12FN3O3S. The molecule has 0 radical (unpaired) electrons. The molecule has 2 heterocycles. The Morgan fingerprint density at radius 1 is 1.41 bits per heavy atom. The molecule has 6 nitrogen and oxygen atoms in total. The van der Waals surface area contributed by atoms with E-state index in [0.29, 0.717) is 9.97 Å². The number of benzene rings is 1. The SMILES string of the molecule is CCOC(=O)c1nc2sc(-c3ccc(F)cc3)nn2c1CO. The molecule has 3 rings (SSSR count). The molecule has 0 spiro atoms. The summed E-state index contributed by atoms with van der Waals surface area (Å²) in [5.74, 6) is -0.918. The fourth-order valence-electron chi connectivity index (χ4n) is 2.00. The summed E-state index contributed by atoms with van der Waals surface area (Å²) in [7, 11) is 0. The molecular weight excluding hydrogens is 309 g/mol. The highest BCUT2D eigenvalue weighted by molar-refractivity contribution is 7.19. The van der Waals surface area contributed by atoms with Crippen molar-refractivity contribution in [3.8, 4) is 10.6 Å². The van der Waals surface area contributed by atoms with Gasteiger partial charge in [0.05, 0.1) is 13.2 Å². The number of carbonyl (C=O) groups is 1. The van der Waals surface area contributed by atoms with Crippen LogP contribution in [0.15, 0.2) is 24.3 Å². The predicted octanol–water partition coefficient (Wildman–Crippen LogP) is 2.27. The van der Waals surface area contributed by atoms with E-state index in [0.717, 1.165) is 5.56 Å². The van der Waals surface area contributed by atoms with Gasteiger partial charge in [0, 0.05) is 5.56 Å². The average Bonchev–Trinajstić information content (AvgIpc) is 3.05. The first-order valence-electron chi connectivity index (χ1n) is 6.56. The summed E-state index contributed by atoms with van der Waals surface area (Å²) in [5, 5.41) is 14.4. The van der Waals surface area contributed by atoms with Crippen molar-refractivity contribution < 1.29 is 19.0 Å². The van der Waals surface area contributed by atoms with E-state index in [1.807, 2.05) is 0 Å². The Balaban J connectivity index is 2.06. The molecule has 3 aromatic rings. The number of hydrogen-bond acceptors (Lipinski definition) is 6. The van der Waals surface area contributed by atoms with Gasteiger partial charge in [-0.15, -0.1) is 0 Å². The van der Waals surface area contributed by atoms with Crippen LogP contribution in [0.2, 0.25) is 0 Å². The zero-order valence-corrected chi connectivity index (χ0v) is 12.4. The molecule has 1 N–H and O–H groups in total. The highest BCUT2D eigenvalue weighted by Crippen LogP contribution is 2.27. The normalized spacial score (nSPS) is 11.0. The number of aromatic nitrogens is 3. The Morgan fingerprint density at radius 3 is 2.77 bits per heavy atom. The smallest absolute Gasteiger partial charge is 0.359 e. The fraction of sp³-hybridized carbons (Fsp3) is 0.214. The van der Waals surface area contributed by atoms with E-state index in [1.54, 1.807) is 19.1 Å². The molecule has 0 fully saturated rings. The summed E-state index contributed by atoms with van der Waals surface area (Å²) in [6.45, 7) is 1.53. The van der Waals surface area contributed by atoms with E-state index in [2.05, 4.69) is 10.1 Å². The van der Waals surface area contributed by atoms with Gasteiger partial charge >= 0.3 is 5.97 Å². The molecule has 0 unspecified atom stereocenters. The summed E-state index contributed by atoms with van der Waals surface area (Å²) < 4.78 is 19.3. The number of imidazole rings is 1. The number of rotatable bonds is 4. The van der Waals surface area contributed by atoms with Crippen molar-refractivity contribution >= 4 is 22.3 Å². The molecule has 8 heteroatoms. The van der Waals surface area contributed by atoms with Gasteiger partial charge in [-0.1, -0.05) is 11.3 Å². The number of aliphatic hydroxyl groups excluding tert-OH is 1. The van der Waals surface area contributed by atoms with E-state index in [9.17, 15) is 14.3 Å². The number of nitrogens with zero attached hydrogens (tertiary/aromatic N) is 3. The second kappa shape index (κ2) is 5.82. The molecule has 0 bridgehead atoms. The van der Waals surface area contributed by atoms with E-state index in [4.69, 9.17) is 4.74 Å². The molecule has 0 saturated heterocycles. The Kier molecular flexibility index (Phi) is 3.86. The van der Waals surface area contributed by atoms with Gasteiger partial charge < -0.3 is 9.84 Å². The molecule has 0 saturated carbocycles. The third-order valence-electron chi connectivity index (χ3n) is 3.01. The van der Waals surface area contributed by atoms with Crippen molar-refractivity contribution in [3.05, 3.63) is 41.5 Å². The highest BCUT2D eigenvalue weighted by Gasteiger charge is 2.22. The van der Waals surface area contributed by atoms with Gasteiger partial charge in [-0.25, -0.2) is 18.7 Å². The summed E-state index contributed by atoms with van der Waals surface area (Å²) >= 11 is 1.24. The van der Waals surface area contributed by atoms with Gasteiger partial charge in [0.25, 0.3) is 0 Å². The summed E-state index contributed by atoms with van der Waals surface area (Å²) in [6, 6.07) is 5.91. The first-order chi connectivity index (χ1) is 10.6. The van der Waals surface area contributed by atoms with Crippen molar-refractivity contribution in [2.45, 2.75) is 13.5 Å². The molecule has 0 atom stereocenters. The molecule has 22 heavy (non-hydrogen) atoms. The maximum absolute atomic E-state index is 13.0. The van der Waals surface area contributed by atoms with Crippen LogP contribution in [0.5, 0.6) is 0 Å². The number of fused-ring (bicyclic) bond motifs is 1. The minimum Gasteiger partial charge on any atom is -0.461 e.